The Bertz CT molecular complexity index is 649. The van der Waals surface area contributed by atoms with Crippen LogP contribution in [0.3, 0.4) is 0 Å². The number of rotatable bonds is 4. The molecule has 1 atom stereocenters. The maximum absolute atomic E-state index is 11.1. The third kappa shape index (κ3) is 2.99. The molecule has 1 heterocycles. The molecule has 1 amide bonds. The Kier molecular flexibility index (Phi) is 4.09. The van der Waals surface area contributed by atoms with Gasteiger partial charge in [-0.2, -0.15) is 0 Å². The number of hydrogen-bond acceptors (Lipinski definition) is 4. The summed E-state index contributed by atoms with van der Waals surface area (Å²) in [6.07, 6.45) is 0. The summed E-state index contributed by atoms with van der Waals surface area (Å²) >= 11 is 1.71. The van der Waals surface area contributed by atoms with Crippen LogP contribution in [-0.2, 0) is 0 Å². The number of aryl methyl sites for hydroxylation is 3. The average Bonchev–Trinajstić information content (AvgIpc) is 2.70. The number of benzene rings is 1. The third-order valence-corrected chi connectivity index (χ3v) is 4.13. The molecule has 1 aromatic heterocycles. The molecule has 3 N–H and O–H groups in total. The van der Waals surface area contributed by atoms with Crippen LogP contribution in [0.5, 0.6) is 0 Å². The Morgan fingerprint density at radius 3 is 2.55 bits per heavy atom. The number of nitrogens with one attached hydrogen (secondary N) is 1. The number of amides is 1. The summed E-state index contributed by atoms with van der Waals surface area (Å²) in [6, 6.07) is 5.55. The van der Waals surface area contributed by atoms with Crippen LogP contribution in [0.4, 0.5) is 5.69 Å². The number of primary amides is 1. The Hall–Kier alpha value is -1.88. The second-order valence-electron chi connectivity index (χ2n) is 4.93. The van der Waals surface area contributed by atoms with E-state index in [0.717, 1.165) is 22.0 Å². The van der Waals surface area contributed by atoms with Crippen molar-refractivity contribution < 1.29 is 4.79 Å². The zero-order chi connectivity index (χ0) is 14.9. The number of aromatic nitrogens is 1. The number of carbonyl (C=O) groups excluding carboxylic acids is 1. The standard InChI is InChI=1S/C15H19N3OS/c1-8-7-12(15(16)19)5-6-13(8)17-9(2)14-10(3)20-11(4)18-14/h5-7,9,17H,1-4H3,(H2,16,19). The normalized spacial score (nSPS) is 12.2. The summed E-state index contributed by atoms with van der Waals surface area (Å²) in [7, 11) is 0. The van der Waals surface area contributed by atoms with Crippen molar-refractivity contribution in [3.8, 4) is 0 Å². The summed E-state index contributed by atoms with van der Waals surface area (Å²) < 4.78 is 0. The van der Waals surface area contributed by atoms with Crippen molar-refractivity contribution in [1.29, 1.82) is 0 Å². The van der Waals surface area contributed by atoms with Crippen molar-refractivity contribution >= 4 is 22.9 Å². The summed E-state index contributed by atoms with van der Waals surface area (Å²) in [4.78, 5) is 16.9. The number of anilines is 1. The number of thiazole rings is 1. The molecule has 0 saturated carbocycles. The zero-order valence-corrected chi connectivity index (χ0v) is 13.0. The van der Waals surface area contributed by atoms with Gasteiger partial charge in [0.2, 0.25) is 5.91 Å². The molecule has 1 unspecified atom stereocenters. The van der Waals surface area contributed by atoms with Crippen LogP contribution in [0.25, 0.3) is 0 Å². The molecule has 0 aliphatic carbocycles. The molecule has 5 heteroatoms. The molecular weight excluding hydrogens is 270 g/mol. The molecule has 4 nitrogen and oxygen atoms in total. The van der Waals surface area contributed by atoms with E-state index in [1.807, 2.05) is 19.9 Å². The minimum absolute atomic E-state index is 0.123. The average molecular weight is 289 g/mol. The van der Waals surface area contributed by atoms with Crippen molar-refractivity contribution in [2.24, 2.45) is 5.73 Å². The van der Waals surface area contributed by atoms with Gasteiger partial charge in [-0.1, -0.05) is 0 Å². The first-order valence-electron chi connectivity index (χ1n) is 6.49. The van der Waals surface area contributed by atoms with E-state index in [1.165, 1.54) is 4.88 Å². The number of nitrogens with two attached hydrogens (primary N) is 1. The Morgan fingerprint density at radius 1 is 1.35 bits per heavy atom. The van der Waals surface area contributed by atoms with Crippen LogP contribution in [0.1, 0.15) is 44.5 Å². The van der Waals surface area contributed by atoms with Crippen molar-refractivity contribution in [2.45, 2.75) is 33.7 Å². The minimum atomic E-state index is -0.404. The molecule has 0 aliphatic heterocycles. The monoisotopic (exact) mass is 289 g/mol. The lowest BCUT2D eigenvalue weighted by molar-refractivity contribution is 0.1000. The van der Waals surface area contributed by atoms with E-state index in [9.17, 15) is 4.79 Å². The van der Waals surface area contributed by atoms with E-state index in [4.69, 9.17) is 5.73 Å². The van der Waals surface area contributed by atoms with Crippen LogP contribution in [0, 0.1) is 20.8 Å². The van der Waals surface area contributed by atoms with Gasteiger partial charge in [0.1, 0.15) is 0 Å². The summed E-state index contributed by atoms with van der Waals surface area (Å²) in [6.45, 7) is 8.14. The second-order valence-corrected chi connectivity index (χ2v) is 6.34. The highest BCUT2D eigenvalue weighted by atomic mass is 32.1. The molecule has 0 aliphatic rings. The highest BCUT2D eigenvalue weighted by Gasteiger charge is 2.14. The largest absolute Gasteiger partial charge is 0.377 e. The summed E-state index contributed by atoms with van der Waals surface area (Å²) in [5, 5.41) is 4.51. The van der Waals surface area contributed by atoms with Crippen LogP contribution >= 0.6 is 11.3 Å². The van der Waals surface area contributed by atoms with E-state index in [-0.39, 0.29) is 6.04 Å². The van der Waals surface area contributed by atoms with Gasteiger partial charge in [0.15, 0.2) is 0 Å². The van der Waals surface area contributed by atoms with E-state index in [0.29, 0.717) is 5.56 Å². The van der Waals surface area contributed by atoms with Crippen molar-refractivity contribution in [2.75, 3.05) is 5.32 Å². The SMILES string of the molecule is Cc1nc(C(C)Nc2ccc(C(N)=O)cc2C)c(C)s1. The quantitative estimate of drug-likeness (QED) is 0.907. The van der Waals surface area contributed by atoms with E-state index in [2.05, 4.69) is 24.1 Å². The number of nitrogens with zero attached hydrogens (tertiary/aromatic N) is 1. The first kappa shape index (κ1) is 14.5. The Labute approximate surface area is 123 Å². The molecule has 20 heavy (non-hydrogen) atoms. The number of carbonyl (C=O) groups is 1. The molecule has 2 rings (SSSR count). The van der Waals surface area contributed by atoms with Crippen LogP contribution in [-0.4, -0.2) is 10.9 Å². The Balaban J connectivity index is 2.22. The lowest BCUT2D eigenvalue weighted by Gasteiger charge is -2.16. The predicted octanol–water partition coefficient (Wildman–Crippen LogP) is 3.34. The summed E-state index contributed by atoms with van der Waals surface area (Å²) in [5.41, 5.74) is 8.87. The van der Waals surface area contributed by atoms with Gasteiger partial charge < -0.3 is 11.1 Å². The maximum Gasteiger partial charge on any atom is 0.248 e. The molecule has 0 saturated heterocycles. The third-order valence-electron chi connectivity index (χ3n) is 3.23. The van der Waals surface area contributed by atoms with Gasteiger partial charge in [0.25, 0.3) is 0 Å². The Morgan fingerprint density at radius 2 is 2.05 bits per heavy atom. The van der Waals surface area contributed by atoms with Crippen LogP contribution < -0.4 is 11.1 Å². The van der Waals surface area contributed by atoms with Crippen LogP contribution in [0.2, 0.25) is 0 Å². The second kappa shape index (κ2) is 5.63. The number of hydrogen-bond donors (Lipinski definition) is 2. The van der Waals surface area contributed by atoms with Gasteiger partial charge in [0.05, 0.1) is 16.7 Å². The fourth-order valence-electron chi connectivity index (χ4n) is 2.23. The van der Waals surface area contributed by atoms with E-state index in [1.54, 1.807) is 23.5 Å². The molecule has 1 aromatic carbocycles. The highest BCUT2D eigenvalue weighted by Crippen LogP contribution is 2.27. The van der Waals surface area contributed by atoms with Crippen molar-refractivity contribution in [3.05, 3.63) is 44.9 Å². The van der Waals surface area contributed by atoms with Crippen molar-refractivity contribution in [3.63, 3.8) is 0 Å². The lowest BCUT2D eigenvalue weighted by atomic mass is 10.1. The van der Waals surface area contributed by atoms with Gasteiger partial charge >= 0.3 is 0 Å². The molecule has 0 radical (unpaired) electrons. The summed E-state index contributed by atoms with van der Waals surface area (Å²) in [5.74, 6) is -0.404. The van der Waals surface area contributed by atoms with Gasteiger partial charge in [0, 0.05) is 16.1 Å². The fraction of sp³-hybridized carbons (Fsp3) is 0.333. The lowest BCUT2D eigenvalue weighted by Crippen LogP contribution is -2.13. The van der Waals surface area contributed by atoms with E-state index < -0.39 is 5.91 Å². The highest BCUT2D eigenvalue weighted by molar-refractivity contribution is 7.11. The molecule has 0 fully saturated rings. The molecule has 2 aromatic rings. The molecule has 0 bridgehead atoms. The van der Waals surface area contributed by atoms with Gasteiger partial charge in [-0.25, -0.2) is 4.98 Å². The first-order valence-corrected chi connectivity index (χ1v) is 7.31. The smallest absolute Gasteiger partial charge is 0.248 e. The molecule has 0 spiro atoms. The van der Waals surface area contributed by atoms with Crippen LogP contribution in [0.15, 0.2) is 18.2 Å². The van der Waals surface area contributed by atoms with Gasteiger partial charge in [-0.3, -0.25) is 4.79 Å². The molecular formula is C15H19N3OS. The van der Waals surface area contributed by atoms with Gasteiger partial charge in [-0.05, 0) is 51.5 Å². The molecule has 106 valence electrons. The van der Waals surface area contributed by atoms with Crippen molar-refractivity contribution in [1.82, 2.24) is 4.98 Å². The van der Waals surface area contributed by atoms with Gasteiger partial charge in [-0.15, -0.1) is 11.3 Å². The zero-order valence-electron chi connectivity index (χ0n) is 12.2. The maximum atomic E-state index is 11.1. The first-order chi connectivity index (χ1) is 9.38. The minimum Gasteiger partial charge on any atom is -0.377 e. The predicted molar refractivity (Wildman–Crippen MR) is 83.3 cm³/mol. The topological polar surface area (TPSA) is 68.0 Å². The van der Waals surface area contributed by atoms with E-state index >= 15 is 0 Å². The fourth-order valence-corrected chi connectivity index (χ4v) is 3.14.